The van der Waals surface area contributed by atoms with Crippen LogP contribution in [0.4, 0.5) is 5.69 Å². The van der Waals surface area contributed by atoms with Crippen molar-refractivity contribution in [1.29, 1.82) is 0 Å². The summed E-state index contributed by atoms with van der Waals surface area (Å²) in [5.74, 6) is 0. The molecule has 1 heterocycles. The smallest absolute Gasteiger partial charge is 0.250 e. The van der Waals surface area contributed by atoms with E-state index >= 15 is 0 Å². The fraction of sp³-hybridized carbons (Fsp3) is 0.643. The van der Waals surface area contributed by atoms with E-state index in [-0.39, 0.29) is 5.56 Å². The molecule has 0 aliphatic heterocycles. The van der Waals surface area contributed by atoms with E-state index in [4.69, 9.17) is 4.74 Å². The third-order valence-electron chi connectivity index (χ3n) is 3.99. The molecule has 1 aliphatic rings. The highest BCUT2D eigenvalue weighted by Crippen LogP contribution is 2.48. The molecule has 1 saturated carbocycles. The fourth-order valence-corrected chi connectivity index (χ4v) is 2.04. The summed E-state index contributed by atoms with van der Waals surface area (Å²) in [4.78, 5) is 11.7. The van der Waals surface area contributed by atoms with Gasteiger partial charge in [-0.05, 0) is 31.2 Å². The molecule has 0 aromatic carbocycles. The maximum atomic E-state index is 11.7. The molecule has 2 rings (SSSR count). The molecule has 0 spiro atoms. The first-order valence-electron chi connectivity index (χ1n) is 6.51. The van der Waals surface area contributed by atoms with Gasteiger partial charge in [-0.2, -0.15) is 0 Å². The van der Waals surface area contributed by atoms with Gasteiger partial charge in [-0.15, -0.1) is 0 Å². The standard InChI is InChI=1S/C14H22N2O2/c1-11(14(2)6-7-14)15-12-4-5-13(17)16(10-12)8-9-18-3/h4-5,10-11,15H,6-9H2,1-3H3. The van der Waals surface area contributed by atoms with Gasteiger partial charge < -0.3 is 14.6 Å². The van der Waals surface area contributed by atoms with Crippen LogP contribution in [-0.2, 0) is 11.3 Å². The normalized spacial score (nSPS) is 18.4. The zero-order valence-corrected chi connectivity index (χ0v) is 11.4. The minimum atomic E-state index is 0.0166. The minimum Gasteiger partial charge on any atom is -0.383 e. The van der Waals surface area contributed by atoms with Crippen molar-refractivity contribution in [1.82, 2.24) is 4.57 Å². The van der Waals surface area contributed by atoms with Crippen LogP contribution in [0.2, 0.25) is 0 Å². The van der Waals surface area contributed by atoms with Crippen molar-refractivity contribution in [3.8, 4) is 0 Å². The third-order valence-corrected chi connectivity index (χ3v) is 3.99. The van der Waals surface area contributed by atoms with Gasteiger partial charge in [0.2, 0.25) is 0 Å². The predicted octanol–water partition coefficient (Wildman–Crippen LogP) is 2.10. The lowest BCUT2D eigenvalue weighted by Gasteiger charge is -2.22. The zero-order chi connectivity index (χ0) is 13.2. The summed E-state index contributed by atoms with van der Waals surface area (Å²) in [7, 11) is 1.64. The van der Waals surface area contributed by atoms with Crippen molar-refractivity contribution in [3.63, 3.8) is 0 Å². The van der Waals surface area contributed by atoms with Crippen molar-refractivity contribution < 1.29 is 4.74 Å². The summed E-state index contributed by atoms with van der Waals surface area (Å²) in [6.07, 6.45) is 4.44. The third kappa shape index (κ3) is 2.93. The number of aromatic nitrogens is 1. The van der Waals surface area contributed by atoms with Crippen LogP contribution < -0.4 is 10.9 Å². The second-order valence-electron chi connectivity index (χ2n) is 5.46. The van der Waals surface area contributed by atoms with Crippen LogP contribution in [-0.4, -0.2) is 24.3 Å². The molecule has 1 unspecified atom stereocenters. The van der Waals surface area contributed by atoms with E-state index in [1.54, 1.807) is 17.7 Å². The number of nitrogens with one attached hydrogen (secondary N) is 1. The molecular weight excluding hydrogens is 228 g/mol. The lowest BCUT2D eigenvalue weighted by atomic mass is 10.0. The molecule has 1 atom stereocenters. The molecule has 1 aromatic rings. The highest BCUT2D eigenvalue weighted by Gasteiger charge is 2.42. The van der Waals surface area contributed by atoms with Crippen LogP contribution in [0.15, 0.2) is 23.1 Å². The van der Waals surface area contributed by atoms with E-state index in [1.807, 2.05) is 12.3 Å². The summed E-state index contributed by atoms with van der Waals surface area (Å²) in [6.45, 7) is 5.65. The Bertz CT molecular complexity index is 463. The van der Waals surface area contributed by atoms with Crippen molar-refractivity contribution in [2.75, 3.05) is 19.0 Å². The quantitative estimate of drug-likeness (QED) is 0.840. The van der Waals surface area contributed by atoms with E-state index in [1.165, 1.54) is 12.8 Å². The Morgan fingerprint density at radius 1 is 1.50 bits per heavy atom. The van der Waals surface area contributed by atoms with Gasteiger partial charge in [0, 0.05) is 32.0 Å². The Balaban J connectivity index is 2.06. The highest BCUT2D eigenvalue weighted by molar-refractivity contribution is 5.42. The Morgan fingerprint density at radius 3 is 2.83 bits per heavy atom. The molecule has 4 heteroatoms. The number of pyridine rings is 1. The Labute approximate surface area is 108 Å². The van der Waals surface area contributed by atoms with Crippen LogP contribution in [0.3, 0.4) is 0 Å². The molecule has 18 heavy (non-hydrogen) atoms. The molecule has 1 aromatic heterocycles. The Kier molecular flexibility index (Phi) is 3.76. The lowest BCUT2D eigenvalue weighted by molar-refractivity contribution is 0.186. The summed E-state index contributed by atoms with van der Waals surface area (Å²) in [6, 6.07) is 3.90. The number of hydrogen-bond acceptors (Lipinski definition) is 3. The van der Waals surface area contributed by atoms with Gasteiger partial charge in [-0.1, -0.05) is 6.92 Å². The van der Waals surface area contributed by atoms with Gasteiger partial charge in [0.25, 0.3) is 5.56 Å². The predicted molar refractivity (Wildman–Crippen MR) is 73.0 cm³/mol. The van der Waals surface area contributed by atoms with Gasteiger partial charge in [0.1, 0.15) is 0 Å². The molecule has 0 radical (unpaired) electrons. The first-order valence-corrected chi connectivity index (χ1v) is 6.51. The van der Waals surface area contributed by atoms with Gasteiger partial charge in [-0.25, -0.2) is 0 Å². The van der Waals surface area contributed by atoms with Gasteiger partial charge in [0.15, 0.2) is 0 Å². The number of rotatable bonds is 6. The molecule has 0 amide bonds. The van der Waals surface area contributed by atoms with Crippen LogP contribution in [0.1, 0.15) is 26.7 Å². The average molecular weight is 250 g/mol. The summed E-state index contributed by atoms with van der Waals surface area (Å²) >= 11 is 0. The van der Waals surface area contributed by atoms with Crippen LogP contribution in [0, 0.1) is 5.41 Å². The van der Waals surface area contributed by atoms with Crippen molar-refractivity contribution in [2.45, 2.75) is 39.3 Å². The maximum Gasteiger partial charge on any atom is 0.250 e. The van der Waals surface area contributed by atoms with Gasteiger partial charge >= 0.3 is 0 Å². The number of hydrogen-bond donors (Lipinski definition) is 1. The van der Waals surface area contributed by atoms with E-state index in [0.717, 1.165) is 5.69 Å². The number of nitrogens with zero attached hydrogens (tertiary/aromatic N) is 1. The highest BCUT2D eigenvalue weighted by atomic mass is 16.5. The Morgan fingerprint density at radius 2 is 2.22 bits per heavy atom. The SMILES string of the molecule is COCCn1cc(NC(C)C2(C)CC2)ccc1=O. The van der Waals surface area contributed by atoms with Crippen molar-refractivity contribution in [2.24, 2.45) is 5.41 Å². The number of anilines is 1. The minimum absolute atomic E-state index is 0.0166. The molecular formula is C14H22N2O2. The molecule has 0 saturated heterocycles. The van der Waals surface area contributed by atoms with E-state index in [0.29, 0.717) is 24.6 Å². The van der Waals surface area contributed by atoms with Crippen LogP contribution >= 0.6 is 0 Å². The summed E-state index contributed by atoms with van der Waals surface area (Å²) in [5.41, 5.74) is 1.45. The maximum absolute atomic E-state index is 11.7. The van der Waals surface area contributed by atoms with Crippen LogP contribution in [0.25, 0.3) is 0 Å². The number of methoxy groups -OCH3 is 1. The zero-order valence-electron chi connectivity index (χ0n) is 11.4. The first-order chi connectivity index (χ1) is 8.55. The van der Waals surface area contributed by atoms with E-state index in [9.17, 15) is 4.79 Å². The number of ether oxygens (including phenoxy) is 1. The molecule has 100 valence electrons. The summed E-state index contributed by atoms with van der Waals surface area (Å²) < 4.78 is 6.69. The molecule has 4 nitrogen and oxygen atoms in total. The largest absolute Gasteiger partial charge is 0.383 e. The van der Waals surface area contributed by atoms with Gasteiger partial charge in [-0.3, -0.25) is 4.79 Å². The first kappa shape index (κ1) is 13.1. The second kappa shape index (κ2) is 5.14. The van der Waals surface area contributed by atoms with Crippen LogP contribution in [0.5, 0.6) is 0 Å². The van der Waals surface area contributed by atoms with Crippen molar-refractivity contribution in [3.05, 3.63) is 28.7 Å². The Hall–Kier alpha value is -1.29. The molecule has 0 bridgehead atoms. The lowest BCUT2D eigenvalue weighted by Crippen LogP contribution is -2.27. The van der Waals surface area contributed by atoms with Gasteiger partial charge in [0.05, 0.1) is 12.3 Å². The van der Waals surface area contributed by atoms with E-state index in [2.05, 4.69) is 19.2 Å². The monoisotopic (exact) mass is 250 g/mol. The molecule has 1 aliphatic carbocycles. The fourth-order valence-electron chi connectivity index (χ4n) is 2.04. The van der Waals surface area contributed by atoms with Crippen molar-refractivity contribution >= 4 is 5.69 Å². The average Bonchev–Trinajstić information content (AvgIpc) is 3.09. The topological polar surface area (TPSA) is 43.3 Å². The van der Waals surface area contributed by atoms with E-state index < -0.39 is 0 Å². The summed E-state index contributed by atoms with van der Waals surface area (Å²) in [5, 5.41) is 3.49. The molecule has 1 fully saturated rings. The molecule has 1 N–H and O–H groups in total. The second-order valence-corrected chi connectivity index (χ2v) is 5.46.